The molecule has 5 nitrogen and oxygen atoms in total. The summed E-state index contributed by atoms with van der Waals surface area (Å²) < 4.78 is 0.878. The highest BCUT2D eigenvalue weighted by Gasteiger charge is 2.26. The van der Waals surface area contributed by atoms with Gasteiger partial charge in [0.15, 0.2) is 0 Å². The van der Waals surface area contributed by atoms with Crippen molar-refractivity contribution in [1.82, 2.24) is 0 Å². The van der Waals surface area contributed by atoms with Crippen LogP contribution >= 0.6 is 27.3 Å². The molecule has 0 saturated heterocycles. The molecule has 3 rings (SSSR count). The Hall–Kier alpha value is -1.86. The molecule has 0 spiro atoms. The number of fused-ring (bicyclic) bond motifs is 1. The van der Waals surface area contributed by atoms with Gasteiger partial charge in [0, 0.05) is 17.9 Å². The molecule has 0 saturated carbocycles. The first-order chi connectivity index (χ1) is 10.5. The highest BCUT2D eigenvalue weighted by Crippen LogP contribution is 2.38. The minimum atomic E-state index is -0.321. The number of anilines is 3. The Bertz CT molecular complexity index is 731. The lowest BCUT2D eigenvalue weighted by molar-refractivity contribution is -0.116. The van der Waals surface area contributed by atoms with E-state index < -0.39 is 0 Å². The number of rotatable bonds is 2. The lowest BCUT2D eigenvalue weighted by atomic mass is 10.1. The first kappa shape index (κ1) is 15.1. The zero-order valence-corrected chi connectivity index (χ0v) is 14.3. The molecule has 0 bridgehead atoms. The summed E-state index contributed by atoms with van der Waals surface area (Å²) in [6, 6.07) is 7.18. The van der Waals surface area contributed by atoms with Crippen LogP contribution in [0.25, 0.3) is 0 Å². The van der Waals surface area contributed by atoms with E-state index in [0.29, 0.717) is 12.2 Å². The zero-order valence-electron chi connectivity index (χ0n) is 11.9. The van der Waals surface area contributed by atoms with Gasteiger partial charge in [0.25, 0.3) is 0 Å². The van der Waals surface area contributed by atoms with E-state index in [1.54, 1.807) is 4.90 Å². The highest BCUT2D eigenvalue weighted by molar-refractivity contribution is 9.10. The molecule has 0 aliphatic carbocycles. The van der Waals surface area contributed by atoms with Crippen LogP contribution in [0.3, 0.4) is 0 Å². The molecule has 1 aliphatic rings. The van der Waals surface area contributed by atoms with E-state index in [-0.39, 0.29) is 11.9 Å². The quantitative estimate of drug-likeness (QED) is 0.825. The van der Waals surface area contributed by atoms with Gasteiger partial charge in [-0.15, -0.1) is 11.3 Å². The summed E-state index contributed by atoms with van der Waals surface area (Å²) >= 11 is 4.90. The number of thiophene rings is 1. The van der Waals surface area contributed by atoms with Gasteiger partial charge in [-0.3, -0.25) is 10.1 Å². The Kier molecular flexibility index (Phi) is 4.17. The van der Waals surface area contributed by atoms with E-state index in [4.69, 9.17) is 0 Å². The molecule has 1 aromatic carbocycles. The predicted molar refractivity (Wildman–Crippen MR) is 92.8 cm³/mol. The summed E-state index contributed by atoms with van der Waals surface area (Å²) in [6.07, 6.45) is 0.787. The number of hydrogen-bond donors (Lipinski definition) is 2. The average molecular weight is 380 g/mol. The Morgan fingerprint density at radius 2 is 2.14 bits per heavy atom. The van der Waals surface area contributed by atoms with Crippen LogP contribution in [0.4, 0.5) is 21.2 Å². The van der Waals surface area contributed by atoms with Gasteiger partial charge in [-0.05, 0) is 41.6 Å². The van der Waals surface area contributed by atoms with Gasteiger partial charge in [0.05, 0.1) is 16.4 Å². The molecule has 1 aromatic heterocycles. The number of carbonyl (C=O) groups excluding carboxylic acids is 2. The van der Waals surface area contributed by atoms with Crippen LogP contribution in [0.5, 0.6) is 0 Å². The van der Waals surface area contributed by atoms with Crippen molar-refractivity contribution >= 4 is 55.6 Å². The van der Waals surface area contributed by atoms with Crippen LogP contribution < -0.4 is 15.5 Å². The molecule has 2 heterocycles. The Labute approximate surface area is 140 Å². The van der Waals surface area contributed by atoms with Gasteiger partial charge in [0.2, 0.25) is 5.91 Å². The molecule has 3 amide bonds. The second-order valence-corrected chi connectivity index (χ2v) is 6.80. The van der Waals surface area contributed by atoms with Crippen LogP contribution in [-0.4, -0.2) is 18.5 Å². The van der Waals surface area contributed by atoms with E-state index >= 15 is 0 Å². The molecule has 0 unspecified atom stereocenters. The molecule has 114 valence electrons. The predicted octanol–water partition coefficient (Wildman–Crippen LogP) is 4.06. The van der Waals surface area contributed by atoms with Gasteiger partial charge in [-0.1, -0.05) is 15.9 Å². The third-order valence-corrected chi connectivity index (χ3v) is 4.66. The number of amides is 3. The first-order valence-electron chi connectivity index (χ1n) is 6.76. The number of urea groups is 1. The maximum Gasteiger partial charge on any atom is 0.324 e. The molecule has 22 heavy (non-hydrogen) atoms. The third-order valence-electron chi connectivity index (χ3n) is 3.41. The minimum Gasteiger partial charge on any atom is -0.310 e. The number of hydrogen-bond acceptors (Lipinski definition) is 3. The minimum absolute atomic E-state index is 0.0252. The average Bonchev–Trinajstić information content (AvgIpc) is 3.07. The van der Waals surface area contributed by atoms with Crippen molar-refractivity contribution in [3.63, 3.8) is 0 Å². The normalized spacial score (nSPS) is 12.9. The molecule has 0 atom stereocenters. The fraction of sp³-hybridized carbons (Fsp3) is 0.200. The van der Waals surface area contributed by atoms with Crippen molar-refractivity contribution in [3.8, 4) is 0 Å². The summed E-state index contributed by atoms with van der Waals surface area (Å²) in [5.41, 5.74) is 2.47. The van der Waals surface area contributed by atoms with Crippen molar-refractivity contribution in [2.45, 2.75) is 13.3 Å². The van der Waals surface area contributed by atoms with E-state index in [1.165, 1.54) is 18.3 Å². The van der Waals surface area contributed by atoms with Crippen LogP contribution in [0.2, 0.25) is 0 Å². The smallest absolute Gasteiger partial charge is 0.310 e. The lowest BCUT2D eigenvalue weighted by Crippen LogP contribution is -2.27. The topological polar surface area (TPSA) is 61.4 Å². The van der Waals surface area contributed by atoms with Crippen LogP contribution in [0.1, 0.15) is 12.5 Å². The lowest BCUT2D eigenvalue weighted by Gasteiger charge is -2.19. The van der Waals surface area contributed by atoms with Crippen molar-refractivity contribution in [2.75, 3.05) is 22.1 Å². The Morgan fingerprint density at radius 3 is 2.82 bits per heavy atom. The van der Waals surface area contributed by atoms with Crippen molar-refractivity contribution < 1.29 is 9.59 Å². The number of benzene rings is 1. The van der Waals surface area contributed by atoms with E-state index in [2.05, 4.69) is 26.6 Å². The van der Waals surface area contributed by atoms with Gasteiger partial charge in [0.1, 0.15) is 0 Å². The molecule has 7 heteroatoms. The number of halogens is 1. The van der Waals surface area contributed by atoms with E-state index in [1.807, 2.05) is 29.6 Å². The van der Waals surface area contributed by atoms with Crippen LogP contribution in [0, 0.1) is 0 Å². The molecule has 2 aromatic rings. The van der Waals surface area contributed by atoms with E-state index in [0.717, 1.165) is 27.1 Å². The largest absolute Gasteiger partial charge is 0.324 e. The van der Waals surface area contributed by atoms with Crippen molar-refractivity contribution in [1.29, 1.82) is 0 Å². The Balaban J connectivity index is 1.87. The summed E-state index contributed by atoms with van der Waals surface area (Å²) in [5.74, 6) is -0.0252. The SMILES string of the molecule is CC(=O)N1CCc2cc(Br)cc(NC(=O)Nc3cccs3)c21. The van der Waals surface area contributed by atoms with Gasteiger partial charge in [-0.25, -0.2) is 4.79 Å². The second-order valence-electron chi connectivity index (χ2n) is 4.94. The molecule has 2 N–H and O–H groups in total. The number of carbonyl (C=O) groups is 2. The summed E-state index contributed by atoms with van der Waals surface area (Å²) in [4.78, 5) is 25.6. The summed E-state index contributed by atoms with van der Waals surface area (Å²) in [6.45, 7) is 2.18. The first-order valence-corrected chi connectivity index (χ1v) is 8.44. The fourth-order valence-corrected chi connectivity index (χ4v) is 3.65. The highest BCUT2D eigenvalue weighted by atomic mass is 79.9. The maximum atomic E-state index is 12.1. The number of nitrogens with one attached hydrogen (secondary N) is 2. The molecule has 1 aliphatic heterocycles. The molecular formula is C15H14BrN3O2S. The zero-order chi connectivity index (χ0) is 15.7. The third kappa shape index (κ3) is 3.00. The molecular weight excluding hydrogens is 366 g/mol. The maximum absolute atomic E-state index is 12.1. The van der Waals surface area contributed by atoms with E-state index in [9.17, 15) is 9.59 Å². The monoisotopic (exact) mass is 379 g/mol. The van der Waals surface area contributed by atoms with Gasteiger partial charge >= 0.3 is 6.03 Å². The summed E-state index contributed by atoms with van der Waals surface area (Å²) in [5, 5.41) is 8.28. The standard InChI is InChI=1S/C15H14BrN3O2S/c1-9(20)19-5-4-10-7-11(16)8-12(14(10)19)17-15(21)18-13-3-2-6-22-13/h2-3,6-8H,4-5H2,1H3,(H2,17,18,21). The Morgan fingerprint density at radius 1 is 1.32 bits per heavy atom. The summed E-state index contributed by atoms with van der Waals surface area (Å²) in [7, 11) is 0. The van der Waals surface area contributed by atoms with Crippen molar-refractivity contribution in [2.24, 2.45) is 0 Å². The van der Waals surface area contributed by atoms with Gasteiger partial charge < -0.3 is 10.2 Å². The number of nitrogens with zero attached hydrogens (tertiary/aromatic N) is 1. The second kappa shape index (κ2) is 6.10. The van der Waals surface area contributed by atoms with Gasteiger partial charge in [-0.2, -0.15) is 0 Å². The fourth-order valence-electron chi connectivity index (χ4n) is 2.53. The van der Waals surface area contributed by atoms with Crippen LogP contribution in [-0.2, 0) is 11.2 Å². The molecule has 0 fully saturated rings. The molecule has 0 radical (unpaired) electrons. The van der Waals surface area contributed by atoms with Crippen molar-refractivity contribution in [3.05, 3.63) is 39.7 Å². The van der Waals surface area contributed by atoms with Crippen LogP contribution in [0.15, 0.2) is 34.1 Å².